The largest absolute Gasteiger partial charge is 0.377 e. The summed E-state index contributed by atoms with van der Waals surface area (Å²) in [6.07, 6.45) is 3.81. The Kier molecular flexibility index (Phi) is 3.10. The predicted molar refractivity (Wildman–Crippen MR) is 57.2 cm³/mol. The molecule has 2 saturated heterocycles. The molecule has 2 aliphatic rings. The molecule has 0 aromatic heterocycles. The van der Waals surface area contributed by atoms with Crippen molar-refractivity contribution in [3.63, 3.8) is 0 Å². The van der Waals surface area contributed by atoms with Crippen LogP contribution in [-0.4, -0.2) is 43.3 Å². The molecule has 82 valence electrons. The quantitative estimate of drug-likeness (QED) is 0.730. The van der Waals surface area contributed by atoms with E-state index in [1.807, 2.05) is 0 Å². The van der Waals surface area contributed by atoms with Crippen LogP contribution in [0.15, 0.2) is 0 Å². The number of hydrogen-bond donors (Lipinski definition) is 1. The molecule has 0 spiro atoms. The van der Waals surface area contributed by atoms with Gasteiger partial charge in [-0.05, 0) is 38.3 Å². The predicted octanol–water partition coefficient (Wildman–Crippen LogP) is 0.836. The molecular weight excluding hydrogens is 176 g/mol. The van der Waals surface area contributed by atoms with Crippen molar-refractivity contribution >= 4 is 0 Å². The van der Waals surface area contributed by atoms with E-state index in [1.54, 1.807) is 0 Å². The average Bonchev–Trinajstić information content (AvgIpc) is 2.14. The molecule has 0 atom stereocenters. The van der Waals surface area contributed by atoms with Crippen molar-refractivity contribution in [2.75, 3.05) is 32.8 Å². The van der Waals surface area contributed by atoms with Gasteiger partial charge < -0.3 is 15.4 Å². The molecule has 14 heavy (non-hydrogen) atoms. The van der Waals surface area contributed by atoms with Gasteiger partial charge in [-0.25, -0.2) is 0 Å². The Morgan fingerprint density at radius 2 is 2.00 bits per heavy atom. The summed E-state index contributed by atoms with van der Waals surface area (Å²) in [5.74, 6) is 0.921. The third-order valence-corrected chi connectivity index (χ3v) is 3.58. The van der Waals surface area contributed by atoms with Crippen molar-refractivity contribution in [2.45, 2.75) is 31.7 Å². The van der Waals surface area contributed by atoms with Crippen LogP contribution in [0.3, 0.4) is 0 Å². The normalized spacial score (nSPS) is 28.7. The number of rotatable bonds is 3. The molecular formula is C11H22N2O. The zero-order chi connectivity index (χ0) is 10.0. The Labute approximate surface area is 86.6 Å². The maximum absolute atomic E-state index is 6.10. The molecule has 3 nitrogen and oxygen atoms in total. The number of likely N-dealkylation sites (tertiary alicyclic amines) is 1. The summed E-state index contributed by atoms with van der Waals surface area (Å²) in [7, 11) is 0. The van der Waals surface area contributed by atoms with Crippen molar-refractivity contribution < 1.29 is 4.74 Å². The molecule has 0 aromatic rings. The fourth-order valence-electron chi connectivity index (χ4n) is 2.18. The Morgan fingerprint density at radius 3 is 2.50 bits per heavy atom. The average molecular weight is 198 g/mol. The Balaban J connectivity index is 1.65. The molecule has 0 radical (unpaired) electrons. The fourth-order valence-corrected chi connectivity index (χ4v) is 2.18. The van der Waals surface area contributed by atoms with Gasteiger partial charge in [0, 0.05) is 6.54 Å². The van der Waals surface area contributed by atoms with Crippen molar-refractivity contribution in [2.24, 2.45) is 11.7 Å². The first-order valence-electron chi connectivity index (χ1n) is 5.77. The molecule has 2 aliphatic heterocycles. The highest BCUT2D eigenvalue weighted by atomic mass is 16.5. The molecule has 0 amide bonds. The number of nitrogens with two attached hydrogens (primary N) is 1. The van der Waals surface area contributed by atoms with Gasteiger partial charge in [-0.2, -0.15) is 0 Å². The van der Waals surface area contributed by atoms with Crippen LogP contribution in [0.5, 0.6) is 0 Å². The van der Waals surface area contributed by atoms with Crippen molar-refractivity contribution in [3.05, 3.63) is 0 Å². The van der Waals surface area contributed by atoms with Crippen LogP contribution in [0.2, 0.25) is 0 Å². The van der Waals surface area contributed by atoms with Gasteiger partial charge in [0.25, 0.3) is 0 Å². The highest BCUT2D eigenvalue weighted by molar-refractivity contribution is 4.91. The van der Waals surface area contributed by atoms with E-state index in [4.69, 9.17) is 10.5 Å². The van der Waals surface area contributed by atoms with Gasteiger partial charge in [-0.3, -0.25) is 0 Å². The summed E-state index contributed by atoms with van der Waals surface area (Å²) >= 11 is 0. The smallest absolute Gasteiger partial charge is 0.0670 e. The van der Waals surface area contributed by atoms with Crippen LogP contribution in [0.25, 0.3) is 0 Å². The first-order chi connectivity index (χ1) is 6.68. The van der Waals surface area contributed by atoms with E-state index in [0.717, 1.165) is 32.1 Å². The number of piperidine rings is 1. The second kappa shape index (κ2) is 4.17. The van der Waals surface area contributed by atoms with Crippen molar-refractivity contribution in [1.29, 1.82) is 0 Å². The summed E-state index contributed by atoms with van der Waals surface area (Å²) in [6.45, 7) is 7.55. The van der Waals surface area contributed by atoms with Gasteiger partial charge in [0.1, 0.15) is 0 Å². The lowest BCUT2D eigenvalue weighted by atomic mass is 9.93. The molecule has 3 heteroatoms. The second-order valence-corrected chi connectivity index (χ2v) is 5.13. The van der Waals surface area contributed by atoms with Gasteiger partial charge in [-0.15, -0.1) is 0 Å². The van der Waals surface area contributed by atoms with Gasteiger partial charge in [0.2, 0.25) is 0 Å². The highest BCUT2D eigenvalue weighted by Gasteiger charge is 2.34. The lowest BCUT2D eigenvalue weighted by Crippen LogP contribution is -2.58. The number of hydrogen-bond acceptors (Lipinski definition) is 3. The molecule has 0 bridgehead atoms. The maximum atomic E-state index is 6.10. The second-order valence-electron chi connectivity index (χ2n) is 5.13. The summed E-state index contributed by atoms with van der Waals surface area (Å²) in [4.78, 5) is 2.55. The van der Waals surface area contributed by atoms with Gasteiger partial charge in [-0.1, -0.05) is 6.92 Å². The van der Waals surface area contributed by atoms with E-state index < -0.39 is 0 Å². The summed E-state index contributed by atoms with van der Waals surface area (Å²) in [6, 6.07) is 0. The maximum Gasteiger partial charge on any atom is 0.0670 e. The van der Waals surface area contributed by atoms with Crippen LogP contribution in [0, 0.1) is 5.92 Å². The molecule has 0 aliphatic carbocycles. The van der Waals surface area contributed by atoms with E-state index in [0.29, 0.717) is 0 Å². The van der Waals surface area contributed by atoms with Crippen molar-refractivity contribution in [1.82, 2.24) is 4.90 Å². The lowest BCUT2D eigenvalue weighted by Gasteiger charge is -2.40. The van der Waals surface area contributed by atoms with Crippen LogP contribution in [0.1, 0.15) is 26.2 Å². The molecule has 2 rings (SSSR count). The Morgan fingerprint density at radius 1 is 1.36 bits per heavy atom. The Bertz CT molecular complexity index is 184. The zero-order valence-corrected chi connectivity index (χ0v) is 9.17. The van der Waals surface area contributed by atoms with E-state index in [1.165, 1.54) is 25.9 Å². The SMILES string of the molecule is CC1CCN(CCC2(N)COC2)CC1. The van der Waals surface area contributed by atoms with Crippen LogP contribution >= 0.6 is 0 Å². The van der Waals surface area contributed by atoms with Crippen molar-refractivity contribution in [3.8, 4) is 0 Å². The number of nitrogens with zero attached hydrogens (tertiary/aromatic N) is 1. The number of ether oxygens (including phenoxy) is 1. The van der Waals surface area contributed by atoms with Gasteiger partial charge in [0.05, 0.1) is 18.8 Å². The monoisotopic (exact) mass is 198 g/mol. The molecule has 0 saturated carbocycles. The van der Waals surface area contributed by atoms with E-state index in [2.05, 4.69) is 11.8 Å². The van der Waals surface area contributed by atoms with Crippen LogP contribution in [0.4, 0.5) is 0 Å². The van der Waals surface area contributed by atoms with Crippen LogP contribution in [-0.2, 0) is 4.74 Å². The third kappa shape index (κ3) is 2.47. The van der Waals surface area contributed by atoms with E-state index in [9.17, 15) is 0 Å². The summed E-state index contributed by atoms with van der Waals surface area (Å²) in [5, 5.41) is 0. The standard InChI is InChI=1S/C11H22N2O/c1-10-2-5-13(6-3-10)7-4-11(12)8-14-9-11/h10H,2-9,12H2,1H3. The lowest BCUT2D eigenvalue weighted by molar-refractivity contribution is -0.0612. The van der Waals surface area contributed by atoms with Gasteiger partial charge >= 0.3 is 0 Å². The minimum absolute atomic E-state index is 0.00304. The molecule has 2 heterocycles. The summed E-state index contributed by atoms with van der Waals surface area (Å²) < 4.78 is 5.15. The van der Waals surface area contributed by atoms with E-state index in [-0.39, 0.29) is 5.54 Å². The minimum Gasteiger partial charge on any atom is -0.377 e. The summed E-state index contributed by atoms with van der Waals surface area (Å²) in [5.41, 5.74) is 6.10. The third-order valence-electron chi connectivity index (χ3n) is 3.58. The topological polar surface area (TPSA) is 38.5 Å². The van der Waals surface area contributed by atoms with Crippen LogP contribution < -0.4 is 5.73 Å². The Hall–Kier alpha value is -0.120. The molecule has 0 unspecified atom stereocenters. The van der Waals surface area contributed by atoms with Gasteiger partial charge in [0.15, 0.2) is 0 Å². The zero-order valence-electron chi connectivity index (χ0n) is 9.17. The molecule has 0 aromatic carbocycles. The first kappa shape index (κ1) is 10.4. The molecule has 2 N–H and O–H groups in total. The fraction of sp³-hybridized carbons (Fsp3) is 1.00. The minimum atomic E-state index is 0.00304. The highest BCUT2D eigenvalue weighted by Crippen LogP contribution is 2.21. The van der Waals surface area contributed by atoms with E-state index >= 15 is 0 Å². The molecule has 2 fully saturated rings. The first-order valence-corrected chi connectivity index (χ1v) is 5.77.